The molecule has 1 aromatic carbocycles. The third-order valence-electron chi connectivity index (χ3n) is 6.99. The van der Waals surface area contributed by atoms with E-state index < -0.39 is 0 Å². The normalized spacial score (nSPS) is 36.0. The molecule has 2 unspecified atom stereocenters. The Labute approximate surface area is 152 Å². The minimum atomic E-state index is 0.252. The highest BCUT2D eigenvalue weighted by atomic mass is 16.1. The number of likely N-dealkylation sites (N-methyl/N-ethyl adjacent to an activating group) is 1. The molecule has 4 saturated carbocycles. The first kappa shape index (κ1) is 17.1. The molecule has 4 bridgehead atoms. The van der Waals surface area contributed by atoms with E-state index in [9.17, 15) is 4.79 Å². The quantitative estimate of drug-likeness (QED) is 0.858. The van der Waals surface area contributed by atoms with Crippen LogP contribution in [0, 0.1) is 17.3 Å². The van der Waals surface area contributed by atoms with E-state index in [1.165, 1.54) is 44.1 Å². The summed E-state index contributed by atoms with van der Waals surface area (Å²) in [5, 5.41) is 3.16. The van der Waals surface area contributed by atoms with E-state index in [4.69, 9.17) is 0 Å². The first-order valence-electron chi connectivity index (χ1n) is 9.96. The second kappa shape index (κ2) is 6.42. The van der Waals surface area contributed by atoms with Gasteiger partial charge in [0.15, 0.2) is 0 Å². The summed E-state index contributed by atoms with van der Waals surface area (Å²) in [6.07, 6.45) is 8.60. The number of carbonyl (C=O) groups is 1. The lowest BCUT2D eigenvalue weighted by Gasteiger charge is -2.62. The molecule has 0 radical (unpaired) electrons. The van der Waals surface area contributed by atoms with Crippen LogP contribution in [-0.4, -0.2) is 38.0 Å². The van der Waals surface area contributed by atoms with E-state index in [0.29, 0.717) is 5.41 Å². The number of nitrogens with zero attached hydrogens (tertiary/aromatic N) is 1. The number of hydrogen-bond acceptors (Lipinski definition) is 2. The largest absolute Gasteiger partial charge is 0.355 e. The van der Waals surface area contributed by atoms with Gasteiger partial charge in [-0.1, -0.05) is 30.3 Å². The van der Waals surface area contributed by atoms with Crippen LogP contribution in [-0.2, 0) is 10.2 Å². The maximum Gasteiger partial charge on any atom is 0.220 e. The van der Waals surface area contributed by atoms with Gasteiger partial charge in [0.05, 0.1) is 0 Å². The fourth-order valence-corrected chi connectivity index (χ4v) is 6.61. The fraction of sp³-hybridized carbons (Fsp3) is 0.682. The van der Waals surface area contributed by atoms with Gasteiger partial charge in [0.1, 0.15) is 0 Å². The number of carbonyl (C=O) groups excluding carboxylic acids is 1. The lowest BCUT2D eigenvalue weighted by atomic mass is 9.42. The van der Waals surface area contributed by atoms with E-state index >= 15 is 0 Å². The molecule has 1 aromatic rings. The highest BCUT2D eigenvalue weighted by Crippen LogP contribution is 2.66. The molecular formula is C22H32N2O. The summed E-state index contributed by atoms with van der Waals surface area (Å²) < 4.78 is 0. The van der Waals surface area contributed by atoms with Gasteiger partial charge in [-0.15, -0.1) is 0 Å². The third kappa shape index (κ3) is 3.36. The van der Waals surface area contributed by atoms with Crippen LogP contribution in [0.25, 0.3) is 0 Å². The molecule has 0 spiro atoms. The Morgan fingerprint density at radius 2 is 1.80 bits per heavy atom. The smallest absolute Gasteiger partial charge is 0.220 e. The third-order valence-corrected chi connectivity index (χ3v) is 6.99. The Kier molecular flexibility index (Phi) is 4.39. The molecule has 1 amide bonds. The molecule has 0 aliphatic heterocycles. The van der Waals surface area contributed by atoms with Crippen molar-refractivity contribution < 1.29 is 4.79 Å². The van der Waals surface area contributed by atoms with Crippen LogP contribution in [0.15, 0.2) is 30.3 Å². The van der Waals surface area contributed by atoms with E-state index in [2.05, 4.69) is 54.6 Å². The average molecular weight is 341 g/mol. The van der Waals surface area contributed by atoms with Crippen LogP contribution < -0.4 is 5.32 Å². The Morgan fingerprint density at radius 1 is 1.12 bits per heavy atom. The minimum Gasteiger partial charge on any atom is -0.355 e. The summed E-state index contributed by atoms with van der Waals surface area (Å²) in [7, 11) is 4.10. The Balaban J connectivity index is 1.50. The van der Waals surface area contributed by atoms with E-state index in [-0.39, 0.29) is 11.3 Å². The number of amides is 1. The summed E-state index contributed by atoms with van der Waals surface area (Å²) >= 11 is 0. The Bertz CT molecular complexity index is 610. The summed E-state index contributed by atoms with van der Waals surface area (Å²) in [5.74, 6) is 1.93. The molecule has 3 heteroatoms. The first-order chi connectivity index (χ1) is 12.0. The fourth-order valence-electron chi connectivity index (χ4n) is 6.61. The molecule has 1 N–H and O–H groups in total. The van der Waals surface area contributed by atoms with Crippen LogP contribution in [0.3, 0.4) is 0 Å². The lowest BCUT2D eigenvalue weighted by Crippen LogP contribution is -2.55. The predicted octanol–water partition coefficient (Wildman–Crippen LogP) is 3.59. The first-order valence-corrected chi connectivity index (χ1v) is 9.96. The number of rotatable bonds is 6. The molecule has 3 nitrogen and oxygen atoms in total. The Morgan fingerprint density at radius 3 is 2.44 bits per heavy atom. The van der Waals surface area contributed by atoms with Gasteiger partial charge in [-0.25, -0.2) is 0 Å². The Hall–Kier alpha value is -1.35. The summed E-state index contributed by atoms with van der Waals surface area (Å²) in [5.41, 5.74) is 2.12. The standard InChI is InChI=1S/C22H32N2O/c1-24(2)9-8-23-20(25)15-21-11-17-10-18(12-21)14-22(13-17,16-21)19-6-4-3-5-7-19/h3-7,17-18H,8-16H2,1-2H3,(H,23,25)/t17-,18+,21?,22?. The van der Waals surface area contributed by atoms with Crippen molar-refractivity contribution in [3.05, 3.63) is 35.9 Å². The molecule has 4 atom stereocenters. The van der Waals surface area contributed by atoms with Gasteiger partial charge in [-0.3, -0.25) is 4.79 Å². The van der Waals surface area contributed by atoms with Crippen molar-refractivity contribution in [1.29, 1.82) is 0 Å². The summed E-state index contributed by atoms with van der Waals surface area (Å²) in [6, 6.07) is 11.2. The van der Waals surface area contributed by atoms with Gasteiger partial charge in [0.2, 0.25) is 5.91 Å². The summed E-state index contributed by atoms with van der Waals surface area (Å²) in [4.78, 5) is 14.7. The van der Waals surface area contributed by atoms with Crippen molar-refractivity contribution in [2.45, 2.75) is 50.4 Å². The highest BCUT2D eigenvalue weighted by molar-refractivity contribution is 5.76. The second-order valence-corrected chi connectivity index (χ2v) is 9.44. The second-order valence-electron chi connectivity index (χ2n) is 9.44. The number of hydrogen-bond donors (Lipinski definition) is 1. The maximum absolute atomic E-state index is 12.6. The van der Waals surface area contributed by atoms with Crippen LogP contribution in [0.5, 0.6) is 0 Å². The molecule has 0 aromatic heterocycles. The lowest BCUT2D eigenvalue weighted by molar-refractivity contribution is -0.131. The molecule has 5 rings (SSSR count). The zero-order valence-corrected chi connectivity index (χ0v) is 15.8. The van der Waals surface area contributed by atoms with E-state index in [0.717, 1.165) is 31.3 Å². The SMILES string of the molecule is CN(C)CCNC(=O)CC12C[C@H]3C[C@@H](C1)CC(c1ccccc1)(C3)C2. The molecule has 4 aliphatic carbocycles. The topological polar surface area (TPSA) is 32.3 Å². The van der Waals surface area contributed by atoms with E-state index in [1.54, 1.807) is 0 Å². The highest BCUT2D eigenvalue weighted by Gasteiger charge is 2.58. The number of benzene rings is 1. The maximum atomic E-state index is 12.6. The molecule has 4 aliphatic rings. The molecule has 25 heavy (non-hydrogen) atoms. The van der Waals surface area contributed by atoms with Crippen LogP contribution in [0.4, 0.5) is 0 Å². The van der Waals surface area contributed by atoms with Gasteiger partial charge in [-0.2, -0.15) is 0 Å². The molecule has 4 fully saturated rings. The van der Waals surface area contributed by atoms with Gasteiger partial charge in [-0.05, 0) is 80.8 Å². The van der Waals surface area contributed by atoms with Crippen molar-refractivity contribution in [2.24, 2.45) is 17.3 Å². The van der Waals surface area contributed by atoms with E-state index in [1.807, 2.05) is 0 Å². The van der Waals surface area contributed by atoms with Gasteiger partial charge < -0.3 is 10.2 Å². The molecular weight excluding hydrogens is 308 g/mol. The summed E-state index contributed by atoms with van der Waals surface area (Å²) in [6.45, 7) is 1.68. The monoisotopic (exact) mass is 340 g/mol. The molecule has 136 valence electrons. The molecule has 0 heterocycles. The van der Waals surface area contributed by atoms with Crippen molar-refractivity contribution >= 4 is 5.91 Å². The minimum absolute atomic E-state index is 0.252. The zero-order chi connectivity index (χ0) is 17.5. The van der Waals surface area contributed by atoms with Gasteiger partial charge in [0, 0.05) is 19.5 Å². The van der Waals surface area contributed by atoms with Gasteiger partial charge in [0.25, 0.3) is 0 Å². The van der Waals surface area contributed by atoms with Crippen LogP contribution in [0.1, 0.15) is 50.5 Å². The predicted molar refractivity (Wildman–Crippen MR) is 101 cm³/mol. The van der Waals surface area contributed by atoms with Gasteiger partial charge >= 0.3 is 0 Å². The van der Waals surface area contributed by atoms with Crippen molar-refractivity contribution in [3.8, 4) is 0 Å². The molecule has 0 saturated heterocycles. The average Bonchev–Trinajstić information content (AvgIpc) is 2.53. The van der Waals surface area contributed by atoms with Crippen molar-refractivity contribution in [2.75, 3.05) is 27.2 Å². The van der Waals surface area contributed by atoms with Crippen LogP contribution in [0.2, 0.25) is 0 Å². The zero-order valence-electron chi connectivity index (χ0n) is 15.8. The van der Waals surface area contributed by atoms with Crippen molar-refractivity contribution in [1.82, 2.24) is 10.2 Å². The number of nitrogens with one attached hydrogen (secondary N) is 1. The van der Waals surface area contributed by atoms with Crippen molar-refractivity contribution in [3.63, 3.8) is 0 Å². The van der Waals surface area contributed by atoms with Crippen LogP contribution >= 0.6 is 0 Å².